The molecule has 0 radical (unpaired) electrons. The highest BCUT2D eigenvalue weighted by Gasteiger charge is 2.13. The molecule has 0 fully saturated rings. The topological polar surface area (TPSA) is 47.0 Å². The van der Waals surface area contributed by atoms with E-state index in [-0.39, 0.29) is 11.5 Å². The first-order chi connectivity index (χ1) is 6.48. The molecule has 0 atom stereocenters. The maximum atomic E-state index is 11.3. The van der Waals surface area contributed by atoms with E-state index in [0.717, 1.165) is 10.6 Å². The molecule has 1 aromatic rings. The molecule has 3 nitrogen and oxygen atoms in total. The van der Waals surface area contributed by atoms with Crippen molar-refractivity contribution in [1.29, 1.82) is 0 Å². The maximum absolute atomic E-state index is 11.3. The number of aromatic nitrogens is 1. The van der Waals surface area contributed by atoms with Crippen LogP contribution in [0.25, 0.3) is 0 Å². The van der Waals surface area contributed by atoms with Crippen LogP contribution in [0.1, 0.15) is 22.5 Å². The number of thiol groups is 1. The Morgan fingerprint density at radius 3 is 2.57 bits per heavy atom. The lowest BCUT2D eigenvalue weighted by molar-refractivity contribution is 0.596. The van der Waals surface area contributed by atoms with Gasteiger partial charge in [0.2, 0.25) is 0 Å². The Kier molecular flexibility index (Phi) is 3.97. The van der Waals surface area contributed by atoms with Crippen molar-refractivity contribution in [3.63, 3.8) is 0 Å². The summed E-state index contributed by atoms with van der Waals surface area (Å²) < 4.78 is 22.7. The lowest BCUT2D eigenvalue weighted by Crippen LogP contribution is -2.06. The van der Waals surface area contributed by atoms with Crippen molar-refractivity contribution in [2.75, 3.05) is 5.75 Å². The zero-order valence-corrected chi connectivity index (χ0v) is 10.7. The summed E-state index contributed by atoms with van der Waals surface area (Å²) in [5, 5.41) is 0.674. The van der Waals surface area contributed by atoms with E-state index in [0.29, 0.717) is 10.8 Å². The molecule has 0 bridgehead atoms. The Bertz CT molecular complexity index is 408. The minimum absolute atomic E-state index is 0.0583. The van der Waals surface area contributed by atoms with Gasteiger partial charge < -0.3 is 0 Å². The molecule has 6 heteroatoms. The molecule has 14 heavy (non-hydrogen) atoms. The summed E-state index contributed by atoms with van der Waals surface area (Å²) in [6.07, 6.45) is 0. The number of sulfone groups is 1. The van der Waals surface area contributed by atoms with E-state index >= 15 is 0 Å². The normalized spacial score (nSPS) is 11.9. The molecule has 1 rings (SSSR count). The molecular weight excluding hydrogens is 238 g/mol. The molecule has 0 aliphatic rings. The van der Waals surface area contributed by atoms with Crippen LogP contribution in [0.3, 0.4) is 0 Å². The summed E-state index contributed by atoms with van der Waals surface area (Å²) >= 11 is 5.58. The molecule has 1 aromatic heterocycles. The van der Waals surface area contributed by atoms with Gasteiger partial charge >= 0.3 is 0 Å². The van der Waals surface area contributed by atoms with E-state index in [1.54, 1.807) is 6.92 Å². The monoisotopic (exact) mass is 251 g/mol. The van der Waals surface area contributed by atoms with Crippen LogP contribution in [0, 0.1) is 6.92 Å². The summed E-state index contributed by atoms with van der Waals surface area (Å²) in [5.74, 6) is 0.848. The zero-order valence-electron chi connectivity index (χ0n) is 8.15. The molecule has 0 unspecified atom stereocenters. The zero-order chi connectivity index (χ0) is 10.8. The van der Waals surface area contributed by atoms with E-state index in [1.165, 1.54) is 11.3 Å². The summed E-state index contributed by atoms with van der Waals surface area (Å²) in [6.45, 7) is 3.53. The SMILES string of the molecule is CCS(=O)(=O)Cc1nc(C)c(CS)s1. The molecule has 1 heterocycles. The molecule has 0 saturated carbocycles. The van der Waals surface area contributed by atoms with Crippen LogP contribution < -0.4 is 0 Å². The Morgan fingerprint density at radius 2 is 2.14 bits per heavy atom. The number of thiazole rings is 1. The summed E-state index contributed by atoms with van der Waals surface area (Å²) in [5.41, 5.74) is 0.895. The van der Waals surface area contributed by atoms with Crippen LogP contribution >= 0.6 is 24.0 Å². The Morgan fingerprint density at radius 1 is 1.50 bits per heavy atom. The van der Waals surface area contributed by atoms with Gasteiger partial charge in [-0.05, 0) is 6.92 Å². The third kappa shape index (κ3) is 2.96. The molecule has 0 aliphatic carbocycles. The number of hydrogen-bond acceptors (Lipinski definition) is 5. The number of rotatable bonds is 4. The predicted octanol–water partition coefficient (Wildman–Crippen LogP) is 1.82. The van der Waals surface area contributed by atoms with Crippen molar-refractivity contribution in [2.24, 2.45) is 0 Å². The van der Waals surface area contributed by atoms with Gasteiger partial charge in [-0.15, -0.1) is 11.3 Å². The largest absolute Gasteiger partial charge is 0.245 e. The second-order valence-electron chi connectivity index (χ2n) is 2.95. The van der Waals surface area contributed by atoms with Crippen LogP contribution in [0.15, 0.2) is 0 Å². The average molecular weight is 251 g/mol. The lowest BCUT2D eigenvalue weighted by Gasteiger charge is -1.95. The third-order valence-corrected chi connectivity index (χ3v) is 5.33. The highest BCUT2D eigenvalue weighted by atomic mass is 32.2. The highest BCUT2D eigenvalue weighted by molar-refractivity contribution is 7.90. The highest BCUT2D eigenvalue weighted by Crippen LogP contribution is 2.21. The van der Waals surface area contributed by atoms with Crippen molar-refractivity contribution >= 4 is 33.8 Å². The van der Waals surface area contributed by atoms with E-state index in [9.17, 15) is 8.42 Å². The fourth-order valence-corrected chi connectivity index (χ4v) is 3.55. The smallest absolute Gasteiger partial charge is 0.156 e. The van der Waals surface area contributed by atoms with Crippen LogP contribution in [0.2, 0.25) is 0 Å². The van der Waals surface area contributed by atoms with Crippen LogP contribution in [0.4, 0.5) is 0 Å². The molecule has 0 N–H and O–H groups in total. The average Bonchev–Trinajstić information content (AvgIpc) is 2.45. The summed E-state index contributed by atoms with van der Waals surface area (Å²) in [6, 6.07) is 0. The van der Waals surface area contributed by atoms with Gasteiger partial charge in [0, 0.05) is 16.4 Å². The molecule has 80 valence electrons. The minimum Gasteiger partial charge on any atom is -0.245 e. The van der Waals surface area contributed by atoms with E-state index in [4.69, 9.17) is 0 Å². The van der Waals surface area contributed by atoms with Gasteiger partial charge in [-0.3, -0.25) is 0 Å². The fraction of sp³-hybridized carbons (Fsp3) is 0.625. The summed E-state index contributed by atoms with van der Waals surface area (Å²) in [7, 11) is -2.96. The first kappa shape index (κ1) is 12.0. The Hall–Kier alpha value is -0.0700. The number of aryl methyl sites for hydroxylation is 1. The van der Waals surface area contributed by atoms with Gasteiger partial charge in [0.1, 0.15) is 10.8 Å². The Labute approximate surface area is 93.9 Å². The molecule has 0 amide bonds. The van der Waals surface area contributed by atoms with Gasteiger partial charge in [-0.1, -0.05) is 6.92 Å². The van der Waals surface area contributed by atoms with Crippen molar-refractivity contribution in [3.05, 3.63) is 15.6 Å². The molecular formula is C8H13NO2S3. The van der Waals surface area contributed by atoms with Gasteiger partial charge in [0.15, 0.2) is 9.84 Å². The maximum Gasteiger partial charge on any atom is 0.156 e. The van der Waals surface area contributed by atoms with Gasteiger partial charge in [0.05, 0.1) is 5.69 Å². The van der Waals surface area contributed by atoms with Crippen molar-refractivity contribution in [1.82, 2.24) is 4.98 Å². The third-order valence-electron chi connectivity index (χ3n) is 1.86. The van der Waals surface area contributed by atoms with Gasteiger partial charge in [-0.25, -0.2) is 13.4 Å². The molecule has 0 saturated heterocycles. The quantitative estimate of drug-likeness (QED) is 0.830. The first-order valence-electron chi connectivity index (χ1n) is 4.25. The van der Waals surface area contributed by atoms with Gasteiger partial charge in [-0.2, -0.15) is 12.6 Å². The predicted molar refractivity (Wildman–Crippen MR) is 62.7 cm³/mol. The second kappa shape index (κ2) is 4.63. The van der Waals surface area contributed by atoms with Crippen molar-refractivity contribution in [3.8, 4) is 0 Å². The second-order valence-corrected chi connectivity index (χ2v) is 6.79. The number of nitrogens with zero attached hydrogens (tertiary/aromatic N) is 1. The van der Waals surface area contributed by atoms with Gasteiger partial charge in [0.25, 0.3) is 0 Å². The van der Waals surface area contributed by atoms with Crippen LogP contribution in [-0.4, -0.2) is 19.2 Å². The fourth-order valence-electron chi connectivity index (χ4n) is 0.987. The first-order valence-corrected chi connectivity index (χ1v) is 7.52. The molecule has 0 spiro atoms. The standard InChI is InChI=1S/C8H13NO2S3/c1-3-14(10,11)5-8-9-6(2)7(4-12)13-8/h12H,3-5H2,1-2H3. The minimum atomic E-state index is -2.96. The van der Waals surface area contributed by atoms with Crippen molar-refractivity contribution < 1.29 is 8.42 Å². The van der Waals surface area contributed by atoms with E-state index in [1.807, 2.05) is 6.92 Å². The molecule has 0 aliphatic heterocycles. The lowest BCUT2D eigenvalue weighted by atomic mass is 10.4. The van der Waals surface area contributed by atoms with Crippen LogP contribution in [0.5, 0.6) is 0 Å². The van der Waals surface area contributed by atoms with Crippen LogP contribution in [-0.2, 0) is 21.3 Å². The summed E-state index contributed by atoms with van der Waals surface area (Å²) in [4.78, 5) is 5.26. The number of hydrogen-bond donors (Lipinski definition) is 1. The van der Waals surface area contributed by atoms with E-state index < -0.39 is 9.84 Å². The molecule has 0 aromatic carbocycles. The Balaban J connectivity index is 2.88. The van der Waals surface area contributed by atoms with Crippen molar-refractivity contribution in [2.45, 2.75) is 25.4 Å². The van der Waals surface area contributed by atoms with E-state index in [2.05, 4.69) is 17.6 Å².